The van der Waals surface area contributed by atoms with Gasteiger partial charge in [-0.3, -0.25) is 4.79 Å². The Morgan fingerprint density at radius 2 is 2.10 bits per heavy atom. The van der Waals surface area contributed by atoms with Crippen molar-refractivity contribution >= 4 is 5.91 Å². The van der Waals surface area contributed by atoms with E-state index in [-0.39, 0.29) is 43.8 Å². The fourth-order valence-corrected chi connectivity index (χ4v) is 2.08. The third kappa shape index (κ3) is 2.92. The number of nitrogens with zero attached hydrogens (tertiary/aromatic N) is 4. The molecule has 2 N–H and O–H groups in total. The van der Waals surface area contributed by atoms with Crippen LogP contribution < -0.4 is 5.73 Å². The van der Waals surface area contributed by atoms with Crippen molar-refractivity contribution in [2.75, 3.05) is 6.54 Å². The Hall–Kier alpha value is -1.64. The summed E-state index contributed by atoms with van der Waals surface area (Å²) in [5, 5.41) is 6.69. The van der Waals surface area contributed by atoms with Gasteiger partial charge in [0.1, 0.15) is 0 Å². The number of hydrogen-bond acceptors (Lipinski definition) is 4. The maximum atomic E-state index is 12.7. The van der Waals surface area contributed by atoms with Gasteiger partial charge in [-0.2, -0.15) is 13.2 Å². The topological polar surface area (TPSA) is 77.0 Å². The highest BCUT2D eigenvalue weighted by Crippen LogP contribution is 2.29. The average molecular weight is 291 g/mol. The van der Waals surface area contributed by atoms with E-state index in [4.69, 9.17) is 5.73 Å². The van der Waals surface area contributed by atoms with Gasteiger partial charge in [-0.15, -0.1) is 10.2 Å². The van der Waals surface area contributed by atoms with Gasteiger partial charge in [0, 0.05) is 25.6 Å². The van der Waals surface area contributed by atoms with Gasteiger partial charge in [0.2, 0.25) is 11.7 Å². The molecule has 1 aromatic heterocycles. The van der Waals surface area contributed by atoms with Crippen LogP contribution in [-0.2, 0) is 24.1 Å². The molecule has 9 heteroatoms. The van der Waals surface area contributed by atoms with Crippen molar-refractivity contribution in [3.8, 4) is 0 Å². The Bertz CT molecular complexity index is 499. The van der Waals surface area contributed by atoms with Crippen molar-refractivity contribution in [2.24, 2.45) is 5.73 Å². The second-order valence-electron chi connectivity index (χ2n) is 4.78. The van der Waals surface area contributed by atoms with E-state index in [0.717, 1.165) is 4.57 Å². The lowest BCUT2D eigenvalue weighted by atomic mass is 10.1. The summed E-state index contributed by atoms with van der Waals surface area (Å²) >= 11 is 0. The lowest BCUT2D eigenvalue weighted by Gasteiger charge is -2.28. The van der Waals surface area contributed by atoms with Crippen molar-refractivity contribution in [3.63, 3.8) is 0 Å². The number of amides is 1. The quantitative estimate of drug-likeness (QED) is 0.892. The van der Waals surface area contributed by atoms with E-state index < -0.39 is 12.0 Å². The molecule has 1 unspecified atom stereocenters. The molecule has 0 saturated carbocycles. The highest BCUT2D eigenvalue weighted by molar-refractivity contribution is 5.76. The molecular formula is C11H16F3N5O. The Labute approximate surface area is 113 Å². The van der Waals surface area contributed by atoms with Crippen molar-refractivity contribution in [3.05, 3.63) is 11.6 Å². The average Bonchev–Trinajstić information content (AvgIpc) is 2.80. The molecule has 0 spiro atoms. The predicted molar refractivity (Wildman–Crippen MR) is 63.3 cm³/mol. The van der Waals surface area contributed by atoms with Crippen molar-refractivity contribution in [2.45, 2.75) is 45.1 Å². The number of carbonyl (C=O) groups excluding carboxylic acids is 1. The van der Waals surface area contributed by atoms with Crippen LogP contribution in [0.2, 0.25) is 0 Å². The third-order valence-electron chi connectivity index (χ3n) is 3.32. The molecule has 0 bridgehead atoms. The molecule has 0 fully saturated rings. The first-order chi connectivity index (χ1) is 9.32. The molecule has 2 heterocycles. The van der Waals surface area contributed by atoms with Gasteiger partial charge in [-0.1, -0.05) is 6.92 Å². The van der Waals surface area contributed by atoms with Crippen LogP contribution in [0.1, 0.15) is 31.4 Å². The smallest absolute Gasteiger partial charge is 0.333 e. The highest BCUT2D eigenvalue weighted by Gasteiger charge is 2.39. The van der Waals surface area contributed by atoms with E-state index in [0.29, 0.717) is 6.42 Å². The summed E-state index contributed by atoms with van der Waals surface area (Å²) in [7, 11) is 0. The summed E-state index contributed by atoms with van der Waals surface area (Å²) in [6.45, 7) is 2.17. The summed E-state index contributed by atoms with van der Waals surface area (Å²) in [6.07, 6.45) is -3.66. The molecule has 0 radical (unpaired) electrons. The maximum Gasteiger partial charge on any atom is 0.451 e. The minimum absolute atomic E-state index is 0.0400. The normalized spacial score (nSPS) is 16.9. The van der Waals surface area contributed by atoms with Gasteiger partial charge in [0.05, 0.1) is 6.54 Å². The van der Waals surface area contributed by atoms with Gasteiger partial charge in [-0.25, -0.2) is 0 Å². The van der Waals surface area contributed by atoms with E-state index in [9.17, 15) is 18.0 Å². The number of hydrogen-bond donors (Lipinski definition) is 1. The van der Waals surface area contributed by atoms with Crippen LogP contribution in [0.25, 0.3) is 0 Å². The second-order valence-corrected chi connectivity index (χ2v) is 4.78. The van der Waals surface area contributed by atoms with Crippen molar-refractivity contribution < 1.29 is 18.0 Å². The molecule has 2 rings (SSSR count). The van der Waals surface area contributed by atoms with Crippen molar-refractivity contribution in [1.82, 2.24) is 19.7 Å². The Morgan fingerprint density at radius 1 is 1.40 bits per heavy atom. The summed E-state index contributed by atoms with van der Waals surface area (Å²) in [5.41, 5.74) is 5.71. The molecule has 6 nitrogen and oxygen atoms in total. The number of carbonyl (C=O) groups is 1. The molecule has 1 atom stereocenters. The first kappa shape index (κ1) is 14.8. The van der Waals surface area contributed by atoms with Gasteiger partial charge in [-0.05, 0) is 6.42 Å². The van der Waals surface area contributed by atoms with Crippen LogP contribution in [0.15, 0.2) is 0 Å². The third-order valence-corrected chi connectivity index (χ3v) is 3.32. The minimum atomic E-state index is -4.53. The van der Waals surface area contributed by atoms with Gasteiger partial charge in [0.25, 0.3) is 0 Å². The fraction of sp³-hybridized carbons (Fsp3) is 0.727. The van der Waals surface area contributed by atoms with Crippen LogP contribution in [0.5, 0.6) is 0 Å². The molecule has 112 valence electrons. The van der Waals surface area contributed by atoms with Gasteiger partial charge in [0.15, 0.2) is 5.82 Å². The number of alkyl halides is 3. The van der Waals surface area contributed by atoms with Crippen LogP contribution in [0.4, 0.5) is 13.2 Å². The number of halogens is 3. The van der Waals surface area contributed by atoms with Crippen molar-refractivity contribution in [1.29, 1.82) is 0 Å². The molecule has 20 heavy (non-hydrogen) atoms. The van der Waals surface area contributed by atoms with Gasteiger partial charge >= 0.3 is 6.18 Å². The first-order valence-corrected chi connectivity index (χ1v) is 6.35. The van der Waals surface area contributed by atoms with E-state index >= 15 is 0 Å². The van der Waals surface area contributed by atoms with E-state index in [1.807, 2.05) is 6.92 Å². The summed E-state index contributed by atoms with van der Waals surface area (Å²) in [5.74, 6) is -1.02. The van der Waals surface area contributed by atoms with Gasteiger partial charge < -0.3 is 15.2 Å². The zero-order valence-corrected chi connectivity index (χ0v) is 11.0. The zero-order valence-electron chi connectivity index (χ0n) is 11.0. The Kier molecular flexibility index (Phi) is 3.98. The fourth-order valence-electron chi connectivity index (χ4n) is 2.08. The molecule has 0 aliphatic carbocycles. The van der Waals surface area contributed by atoms with Crippen LogP contribution >= 0.6 is 0 Å². The molecule has 1 aliphatic heterocycles. The van der Waals surface area contributed by atoms with Crippen LogP contribution in [0.3, 0.4) is 0 Å². The summed E-state index contributed by atoms with van der Waals surface area (Å²) in [6, 6.07) is -0.229. The lowest BCUT2D eigenvalue weighted by molar-refractivity contribution is -0.148. The number of nitrogens with two attached hydrogens (primary N) is 1. The van der Waals surface area contributed by atoms with Crippen LogP contribution in [-0.4, -0.2) is 38.2 Å². The molecule has 0 saturated heterocycles. The Balaban J connectivity index is 2.09. The molecule has 0 aromatic carbocycles. The summed E-state index contributed by atoms with van der Waals surface area (Å²) in [4.78, 5) is 13.4. The van der Waals surface area contributed by atoms with Crippen LogP contribution in [0, 0.1) is 0 Å². The Morgan fingerprint density at radius 3 is 2.70 bits per heavy atom. The van der Waals surface area contributed by atoms with E-state index in [1.54, 1.807) is 0 Å². The molecular weight excluding hydrogens is 275 g/mol. The summed E-state index contributed by atoms with van der Waals surface area (Å²) < 4.78 is 39.0. The second kappa shape index (κ2) is 5.39. The standard InChI is InChI=1S/C11H16F3N5O/c1-2-7(15)5-9(20)18-3-4-19-8(6-18)16-17-10(19)11(12,13)14/h7H,2-6,15H2,1H3. The maximum absolute atomic E-state index is 12.7. The minimum Gasteiger partial charge on any atom is -0.333 e. The largest absolute Gasteiger partial charge is 0.451 e. The number of aromatic nitrogens is 3. The monoisotopic (exact) mass is 291 g/mol. The molecule has 1 aliphatic rings. The molecule has 1 aromatic rings. The SMILES string of the molecule is CCC(N)CC(=O)N1CCn2c(nnc2C(F)(F)F)C1. The lowest BCUT2D eigenvalue weighted by Crippen LogP contribution is -2.41. The first-order valence-electron chi connectivity index (χ1n) is 6.35. The number of rotatable bonds is 3. The molecule has 1 amide bonds. The van der Waals surface area contributed by atoms with E-state index in [1.165, 1.54) is 4.90 Å². The zero-order chi connectivity index (χ0) is 14.9. The predicted octanol–water partition coefficient (Wildman–Crippen LogP) is 0.766. The number of fused-ring (bicyclic) bond motifs is 1. The van der Waals surface area contributed by atoms with E-state index in [2.05, 4.69) is 10.2 Å². The highest BCUT2D eigenvalue weighted by atomic mass is 19.4.